The first kappa shape index (κ1) is 12.4. The summed E-state index contributed by atoms with van der Waals surface area (Å²) in [5, 5.41) is 10.0. The third kappa shape index (κ3) is 2.31. The smallest absolute Gasteiger partial charge is 0.137 e. The zero-order valence-electron chi connectivity index (χ0n) is 10.3. The molecule has 1 aliphatic carbocycles. The number of nitrogens with zero attached hydrogens (tertiary/aromatic N) is 2. The molecule has 2 atom stereocenters. The number of aliphatic imine (C=N–C) groups is 1. The molecule has 2 aliphatic rings. The van der Waals surface area contributed by atoms with Crippen LogP contribution in [0.2, 0.25) is 0 Å². The van der Waals surface area contributed by atoms with Crippen molar-refractivity contribution >= 4 is 21.6 Å². The van der Waals surface area contributed by atoms with Gasteiger partial charge in [0.25, 0.3) is 0 Å². The lowest BCUT2D eigenvalue weighted by atomic mass is 9.79. The number of nitriles is 1. The normalized spacial score (nSPS) is 25.8. The van der Waals surface area contributed by atoms with Crippen LogP contribution in [0.5, 0.6) is 0 Å². The first-order valence-electron chi connectivity index (χ1n) is 6.26. The highest BCUT2D eigenvalue weighted by molar-refractivity contribution is 9.09. The standard InChI is InChI=1S/C15H13BrN2O/c16-7-10-1-2-13-14(11-3-4-19-9-11)6-12(8-17)18-15(13)5-10/h1-4,9,12,14H,5-7H2. The molecule has 2 unspecified atom stereocenters. The summed E-state index contributed by atoms with van der Waals surface area (Å²) in [6.45, 7) is 0. The zero-order valence-corrected chi connectivity index (χ0v) is 11.9. The van der Waals surface area contributed by atoms with Crippen LogP contribution in [0, 0.1) is 11.3 Å². The van der Waals surface area contributed by atoms with Crippen molar-refractivity contribution in [3.63, 3.8) is 0 Å². The lowest BCUT2D eigenvalue weighted by molar-refractivity contribution is 0.555. The summed E-state index contributed by atoms with van der Waals surface area (Å²) in [4.78, 5) is 4.58. The number of furan rings is 1. The van der Waals surface area contributed by atoms with Gasteiger partial charge in [0.15, 0.2) is 0 Å². The molecule has 1 aromatic heterocycles. The topological polar surface area (TPSA) is 49.3 Å². The summed E-state index contributed by atoms with van der Waals surface area (Å²) in [5.41, 5.74) is 4.72. The Labute approximate surface area is 120 Å². The monoisotopic (exact) mass is 316 g/mol. The number of fused-ring (bicyclic) bond motifs is 1. The largest absolute Gasteiger partial charge is 0.472 e. The van der Waals surface area contributed by atoms with E-state index in [2.05, 4.69) is 39.1 Å². The Balaban J connectivity index is 2.03. The predicted molar refractivity (Wildman–Crippen MR) is 77.5 cm³/mol. The van der Waals surface area contributed by atoms with E-state index in [4.69, 9.17) is 4.42 Å². The van der Waals surface area contributed by atoms with Gasteiger partial charge in [-0.2, -0.15) is 5.26 Å². The number of alkyl halides is 1. The Bertz CT molecular complexity index is 605. The Morgan fingerprint density at radius 2 is 2.37 bits per heavy atom. The fourth-order valence-corrected chi connectivity index (χ4v) is 3.06. The molecule has 3 rings (SSSR count). The van der Waals surface area contributed by atoms with Crippen molar-refractivity contribution in [2.75, 3.05) is 5.33 Å². The number of rotatable bonds is 2. The number of hydrogen-bond acceptors (Lipinski definition) is 3. The first-order chi connectivity index (χ1) is 9.31. The highest BCUT2D eigenvalue weighted by Gasteiger charge is 2.31. The van der Waals surface area contributed by atoms with Crippen LogP contribution in [0.15, 0.2) is 51.3 Å². The number of halogens is 1. The van der Waals surface area contributed by atoms with Gasteiger partial charge in [-0.05, 0) is 23.6 Å². The Morgan fingerprint density at radius 3 is 3.05 bits per heavy atom. The summed E-state index contributed by atoms with van der Waals surface area (Å²) in [6, 6.07) is 4.02. The van der Waals surface area contributed by atoms with Crippen molar-refractivity contribution in [2.45, 2.75) is 24.8 Å². The summed E-state index contributed by atoms with van der Waals surface area (Å²) in [7, 11) is 0. The quantitative estimate of drug-likeness (QED) is 0.780. The Kier molecular flexibility index (Phi) is 3.39. The molecule has 0 saturated carbocycles. The molecule has 0 amide bonds. The Morgan fingerprint density at radius 1 is 1.47 bits per heavy atom. The van der Waals surface area contributed by atoms with Crippen LogP contribution >= 0.6 is 15.9 Å². The molecule has 0 saturated heterocycles. The molecule has 96 valence electrons. The summed E-state index contributed by atoms with van der Waals surface area (Å²) >= 11 is 3.48. The molecule has 4 heteroatoms. The molecule has 0 spiro atoms. The van der Waals surface area contributed by atoms with Crippen molar-refractivity contribution in [3.05, 3.63) is 47.5 Å². The van der Waals surface area contributed by atoms with E-state index in [1.807, 2.05) is 6.07 Å². The average Bonchev–Trinajstić information content (AvgIpc) is 2.99. The molecule has 0 radical (unpaired) electrons. The molecule has 0 N–H and O–H groups in total. The van der Waals surface area contributed by atoms with E-state index >= 15 is 0 Å². The second-order valence-corrected chi connectivity index (χ2v) is 5.38. The van der Waals surface area contributed by atoms with Crippen LogP contribution < -0.4 is 0 Å². The minimum atomic E-state index is -0.248. The third-order valence-corrected chi connectivity index (χ3v) is 4.36. The molecule has 0 aromatic carbocycles. The van der Waals surface area contributed by atoms with Gasteiger partial charge in [-0.1, -0.05) is 33.7 Å². The van der Waals surface area contributed by atoms with E-state index in [0.717, 1.165) is 29.4 Å². The van der Waals surface area contributed by atoms with E-state index < -0.39 is 0 Å². The van der Waals surface area contributed by atoms with Crippen LogP contribution in [-0.2, 0) is 0 Å². The van der Waals surface area contributed by atoms with Gasteiger partial charge in [-0.15, -0.1) is 0 Å². The van der Waals surface area contributed by atoms with Crippen LogP contribution in [0.4, 0.5) is 0 Å². The summed E-state index contributed by atoms with van der Waals surface area (Å²) in [6.07, 6.45) is 9.33. The van der Waals surface area contributed by atoms with E-state index in [1.165, 1.54) is 11.1 Å². The number of hydrogen-bond donors (Lipinski definition) is 0. The molecule has 1 aliphatic heterocycles. The van der Waals surface area contributed by atoms with Crippen molar-refractivity contribution < 1.29 is 4.42 Å². The van der Waals surface area contributed by atoms with E-state index in [1.54, 1.807) is 12.5 Å². The molecule has 1 aromatic rings. The van der Waals surface area contributed by atoms with Gasteiger partial charge in [-0.3, -0.25) is 4.99 Å². The van der Waals surface area contributed by atoms with Crippen LogP contribution in [0.25, 0.3) is 0 Å². The lowest BCUT2D eigenvalue weighted by Crippen LogP contribution is -2.25. The third-order valence-electron chi connectivity index (χ3n) is 3.64. The maximum absolute atomic E-state index is 9.20. The van der Waals surface area contributed by atoms with Crippen LogP contribution in [0.1, 0.15) is 24.3 Å². The second-order valence-electron chi connectivity index (χ2n) is 4.82. The molecule has 3 nitrogen and oxygen atoms in total. The highest BCUT2D eigenvalue weighted by atomic mass is 79.9. The van der Waals surface area contributed by atoms with Crippen molar-refractivity contribution in [1.82, 2.24) is 0 Å². The molecule has 2 heterocycles. The van der Waals surface area contributed by atoms with Crippen molar-refractivity contribution in [2.24, 2.45) is 4.99 Å². The molecule has 0 fully saturated rings. The lowest BCUT2D eigenvalue weighted by Gasteiger charge is -2.29. The first-order valence-corrected chi connectivity index (χ1v) is 7.38. The molecule has 19 heavy (non-hydrogen) atoms. The summed E-state index contributed by atoms with van der Waals surface area (Å²) < 4.78 is 5.19. The molecular formula is C15H13BrN2O. The fourth-order valence-electron chi connectivity index (χ4n) is 2.67. The maximum atomic E-state index is 9.20. The second kappa shape index (κ2) is 5.18. The van der Waals surface area contributed by atoms with Crippen molar-refractivity contribution in [3.8, 4) is 6.07 Å². The average molecular weight is 317 g/mol. The van der Waals surface area contributed by atoms with Gasteiger partial charge in [-0.25, -0.2) is 0 Å². The van der Waals surface area contributed by atoms with E-state index in [-0.39, 0.29) is 12.0 Å². The van der Waals surface area contributed by atoms with E-state index in [9.17, 15) is 5.26 Å². The van der Waals surface area contributed by atoms with Crippen molar-refractivity contribution in [1.29, 1.82) is 5.26 Å². The zero-order chi connectivity index (χ0) is 13.2. The SMILES string of the molecule is N#CC1CC(c2ccoc2)C2=CC=C(CBr)CC2=N1. The van der Waals surface area contributed by atoms with Crippen LogP contribution in [0.3, 0.4) is 0 Å². The van der Waals surface area contributed by atoms with Gasteiger partial charge < -0.3 is 4.42 Å². The number of allylic oxidation sites excluding steroid dienone is 4. The van der Waals surface area contributed by atoms with Gasteiger partial charge in [0, 0.05) is 23.4 Å². The van der Waals surface area contributed by atoms with Crippen LogP contribution in [-0.4, -0.2) is 17.1 Å². The highest BCUT2D eigenvalue weighted by Crippen LogP contribution is 2.38. The maximum Gasteiger partial charge on any atom is 0.137 e. The van der Waals surface area contributed by atoms with Gasteiger partial charge in [0.05, 0.1) is 18.6 Å². The minimum Gasteiger partial charge on any atom is -0.472 e. The minimum absolute atomic E-state index is 0.226. The molecule has 0 bridgehead atoms. The van der Waals surface area contributed by atoms with Gasteiger partial charge in [0.2, 0.25) is 0 Å². The Hall–Kier alpha value is -1.60. The fraction of sp³-hybridized carbons (Fsp3) is 0.333. The van der Waals surface area contributed by atoms with Gasteiger partial charge >= 0.3 is 0 Å². The summed E-state index contributed by atoms with van der Waals surface area (Å²) in [5.74, 6) is 0.226. The molecular weight excluding hydrogens is 304 g/mol. The van der Waals surface area contributed by atoms with Gasteiger partial charge in [0.1, 0.15) is 6.04 Å². The van der Waals surface area contributed by atoms with E-state index in [0.29, 0.717) is 0 Å². The predicted octanol–water partition coefficient (Wildman–Crippen LogP) is 3.75.